The quantitative estimate of drug-likeness (QED) is 0.115. The first-order valence-electron chi connectivity index (χ1n) is 45.8. The minimum absolute atomic E-state index is 0.218. The molecule has 124 heavy (non-hydrogen) atoms. The fourth-order valence-corrected chi connectivity index (χ4v) is 20.7. The van der Waals surface area contributed by atoms with Gasteiger partial charge in [0.05, 0.1) is 90.5 Å². The molecular formula is C98H130B6F4O16. The van der Waals surface area contributed by atoms with E-state index < -0.39 is 47.5 Å². The summed E-state index contributed by atoms with van der Waals surface area (Å²) in [6, 6.07) is 34.0. The molecule has 6 atom stereocenters. The van der Waals surface area contributed by atoms with Crippen LogP contribution in [-0.2, 0) is 77.5 Å². The summed E-state index contributed by atoms with van der Waals surface area (Å²) in [6.07, 6.45) is 8.58. The Morgan fingerprint density at radius 2 is 0.548 bits per heavy atom. The molecule has 10 heterocycles. The van der Waals surface area contributed by atoms with Crippen molar-refractivity contribution in [2.24, 2.45) is 0 Å². The van der Waals surface area contributed by atoms with Crippen molar-refractivity contribution >= 4 is 75.5 Å². The number of benzene rings is 6. The van der Waals surface area contributed by atoms with Gasteiger partial charge in [0.2, 0.25) is 5.79 Å². The monoisotopic (exact) mass is 1700 g/mol. The van der Waals surface area contributed by atoms with Crippen LogP contribution < -0.4 is 42.3 Å². The van der Waals surface area contributed by atoms with Crippen LogP contribution in [0.25, 0.3) is 0 Å². The van der Waals surface area contributed by atoms with Gasteiger partial charge < -0.3 is 70.1 Å². The second kappa shape index (κ2) is 30.5. The van der Waals surface area contributed by atoms with Gasteiger partial charge in [0.15, 0.2) is 11.5 Å². The lowest BCUT2D eigenvalue weighted by Gasteiger charge is -2.38. The Balaban J connectivity index is 0.000000105. The Hall–Kier alpha value is -5.53. The van der Waals surface area contributed by atoms with Crippen molar-refractivity contribution in [2.45, 2.75) is 397 Å². The molecule has 0 spiro atoms. The maximum absolute atomic E-state index is 13.6. The largest absolute Gasteiger partial charge is 0.494 e. The SMILES string of the molecule is CC1(C)OB(c2ccc3c(c2)C(F)(F)OC3(F)F)OC1(C)C.CC1(C)OB(c2ccc3c(c2)C2CCC3C2)OC1(C)C.CC1(C)OB(c2ccc3c(c2)C2CCC3CC2)OC1(C)C.CC1(C)OB(c2ccc3c(c2)C2CCC3O2)OC1(C)C.CC1(C)Oc2ccc(B3OC(C)(C)C(C)(C)O3)cc2O1.Cc1cc(B2OC(C)(C)C(C)(C)O2)cc2c1C1CCC2C1. The zero-order valence-corrected chi connectivity index (χ0v) is 78.4. The van der Waals surface area contributed by atoms with Gasteiger partial charge >= 0.3 is 54.9 Å². The van der Waals surface area contributed by atoms with Crippen LogP contribution >= 0.6 is 0 Å². The topological polar surface area (TPSA) is 148 Å². The highest BCUT2D eigenvalue weighted by Crippen LogP contribution is 2.58. The molecule has 6 aromatic carbocycles. The van der Waals surface area contributed by atoms with E-state index in [-0.39, 0.29) is 103 Å². The van der Waals surface area contributed by atoms with E-state index in [4.69, 9.17) is 70.1 Å². The predicted molar refractivity (Wildman–Crippen MR) is 480 cm³/mol. The number of alkyl halides is 4. The van der Waals surface area contributed by atoms with Crippen LogP contribution in [0.4, 0.5) is 17.6 Å². The highest BCUT2D eigenvalue weighted by Gasteiger charge is 2.61. The summed E-state index contributed by atoms with van der Waals surface area (Å²) in [4.78, 5) is 0. The summed E-state index contributed by atoms with van der Waals surface area (Å²) < 4.78 is 148. The van der Waals surface area contributed by atoms with Crippen molar-refractivity contribution < 1.29 is 92.4 Å². The molecule has 0 aromatic heterocycles. The lowest BCUT2D eigenvalue weighted by molar-refractivity contribution is -0.369. The minimum atomic E-state index is -4.04. The number of ether oxygens (including phenoxy) is 4. The molecule has 10 fully saturated rings. The van der Waals surface area contributed by atoms with Gasteiger partial charge in [-0.15, -0.1) is 0 Å². The molecule has 17 aliphatic rings. The minimum Gasteiger partial charge on any atom is -0.449 e. The number of halogens is 4. The van der Waals surface area contributed by atoms with E-state index in [1.807, 2.05) is 87.4 Å². The number of hydrogen-bond acceptors (Lipinski definition) is 16. The molecule has 10 aliphatic heterocycles. The highest BCUT2D eigenvalue weighted by atomic mass is 19.3. The summed E-state index contributed by atoms with van der Waals surface area (Å²) in [5.74, 6) is 5.67. The van der Waals surface area contributed by atoms with Crippen LogP contribution in [-0.4, -0.2) is 116 Å². The maximum atomic E-state index is 13.6. The lowest BCUT2D eigenvalue weighted by atomic mass is 9.65. The van der Waals surface area contributed by atoms with E-state index in [0.29, 0.717) is 6.10 Å². The molecular weight excluding hydrogens is 1570 g/mol. The summed E-state index contributed by atoms with van der Waals surface area (Å²) in [7, 11) is -2.22. The smallest absolute Gasteiger partial charge is 0.449 e. The number of aryl methyl sites for hydroxylation is 1. The van der Waals surface area contributed by atoms with Crippen molar-refractivity contribution in [1.29, 1.82) is 0 Å². The molecule has 16 nitrogen and oxygen atoms in total. The maximum Gasteiger partial charge on any atom is 0.494 e. The third-order valence-corrected chi connectivity index (χ3v) is 32.4. The molecule has 0 radical (unpaired) electrons. The first-order valence-corrected chi connectivity index (χ1v) is 45.8. The highest BCUT2D eigenvalue weighted by molar-refractivity contribution is 6.64. The van der Waals surface area contributed by atoms with Crippen LogP contribution in [0, 0.1) is 6.92 Å². The zero-order chi connectivity index (χ0) is 89.4. The number of hydrogen-bond donors (Lipinski definition) is 0. The average molecular weight is 1700 g/mol. The summed E-state index contributed by atoms with van der Waals surface area (Å²) >= 11 is 0. The van der Waals surface area contributed by atoms with Crippen LogP contribution in [0.3, 0.4) is 0 Å². The van der Waals surface area contributed by atoms with E-state index in [0.717, 1.165) is 82.9 Å². The second-order valence-electron chi connectivity index (χ2n) is 44.4. The fourth-order valence-electron chi connectivity index (χ4n) is 20.7. The van der Waals surface area contributed by atoms with Crippen LogP contribution in [0.5, 0.6) is 11.5 Å². The van der Waals surface area contributed by atoms with Gasteiger partial charge in [0.1, 0.15) is 0 Å². The van der Waals surface area contributed by atoms with Crippen LogP contribution in [0.2, 0.25) is 0 Å². The molecule has 3 saturated carbocycles. The first kappa shape index (κ1) is 90.4. The molecule has 23 rings (SSSR count). The number of rotatable bonds is 6. The van der Waals surface area contributed by atoms with Crippen LogP contribution in [0.15, 0.2) is 103 Å². The molecule has 664 valence electrons. The Morgan fingerprint density at radius 3 is 0.992 bits per heavy atom. The zero-order valence-electron chi connectivity index (χ0n) is 78.4. The molecule has 8 bridgehead atoms. The van der Waals surface area contributed by atoms with Gasteiger partial charge in [-0.2, -0.15) is 17.6 Å². The third-order valence-electron chi connectivity index (χ3n) is 32.4. The molecule has 7 saturated heterocycles. The average Bonchev–Trinajstić information content (AvgIpc) is 1.57. The Kier molecular flexibility index (Phi) is 22.3. The van der Waals surface area contributed by atoms with Crippen LogP contribution in [0.1, 0.15) is 366 Å². The van der Waals surface area contributed by atoms with Crippen molar-refractivity contribution in [2.75, 3.05) is 0 Å². The lowest BCUT2D eigenvalue weighted by Crippen LogP contribution is -2.41. The summed E-state index contributed by atoms with van der Waals surface area (Å²) in [5, 5.41) is 0. The first-order chi connectivity index (χ1) is 57.4. The van der Waals surface area contributed by atoms with Gasteiger partial charge in [-0.3, -0.25) is 0 Å². The van der Waals surface area contributed by atoms with Crippen molar-refractivity contribution in [1.82, 2.24) is 0 Å². The third kappa shape index (κ3) is 16.1. The fraction of sp³-hybridized carbons (Fsp3) is 0.633. The molecule has 6 aromatic rings. The Labute approximate surface area is 736 Å². The van der Waals surface area contributed by atoms with E-state index in [1.54, 1.807) is 33.4 Å². The molecule has 0 N–H and O–H groups in total. The Bertz CT molecular complexity index is 4910. The van der Waals surface area contributed by atoms with Gasteiger partial charge in [-0.05, 0) is 387 Å². The van der Waals surface area contributed by atoms with Gasteiger partial charge in [0.25, 0.3) is 0 Å². The molecule has 7 aliphatic carbocycles. The number of fused-ring (bicyclic) bond motifs is 19. The van der Waals surface area contributed by atoms with Crippen molar-refractivity contribution in [3.8, 4) is 11.5 Å². The van der Waals surface area contributed by atoms with Gasteiger partial charge in [-0.1, -0.05) is 84.9 Å². The van der Waals surface area contributed by atoms with Crippen molar-refractivity contribution in [3.05, 3.63) is 164 Å². The Morgan fingerprint density at radius 1 is 0.258 bits per heavy atom. The van der Waals surface area contributed by atoms with Crippen molar-refractivity contribution in [3.63, 3.8) is 0 Å². The second-order valence-corrected chi connectivity index (χ2v) is 44.4. The van der Waals surface area contributed by atoms with Gasteiger partial charge in [-0.25, -0.2) is 4.74 Å². The van der Waals surface area contributed by atoms with E-state index >= 15 is 0 Å². The van der Waals surface area contributed by atoms with Gasteiger partial charge in [0, 0.05) is 13.8 Å². The molecule has 6 unspecified atom stereocenters. The normalized spacial score (nSPS) is 30.2. The predicted octanol–water partition coefficient (Wildman–Crippen LogP) is 19.2. The molecule has 0 amide bonds. The summed E-state index contributed by atoms with van der Waals surface area (Å²) in [6.45, 7) is 55.2. The van der Waals surface area contributed by atoms with E-state index in [1.165, 1.54) is 103 Å². The summed E-state index contributed by atoms with van der Waals surface area (Å²) in [5.41, 5.74) is 13.8. The standard InChI is InChI=1S/2C18H25BO2.C17H23BO2.C16H21BO3.C15H21BO4.C14H15BF4O3/c1-11-8-14(19-20-17(2,3)18(4,5)21-19)10-15-12-6-7-13(9-12)16(11)15;1-17(2)18(3,4)21-19(20-17)14-9-10-15-12-5-7-13(8-6-12)16(15)11-14;1-16(2)17(3,4)20-18(19-16)13-7-8-14-11-5-6-12(9-11)15(14)10-13;1-15(2)16(3,4)20-17(19-15)10-5-6-11-12(9-10)14-8-7-13(11)18-14;1-13(2)14(3,4)20-16(19-13)10-7-8-11-12(9-10)18-15(5,6)17-11;1-11(2)12(3,4)22-15(21-11)8-5-6-9-10(7-8)14(18,19)20-13(9,16)17/h8,10,12-13H,6-7,9H2,1-5H3;9-13H,5-8H2,1-4H3;7-8,10-12H,5-6,9H2,1-4H3;5-6,9,13-14H,7-8H2,1-4H3;7-9H,1-6H3;5-7H,1-4H3. The van der Waals surface area contributed by atoms with E-state index in [2.05, 4.69) is 189 Å². The van der Waals surface area contributed by atoms with E-state index in [9.17, 15) is 17.6 Å². The molecule has 26 heteroatoms.